The summed E-state index contributed by atoms with van der Waals surface area (Å²) in [6.07, 6.45) is 3.31. The molecule has 32 heavy (non-hydrogen) atoms. The molecular weight excluding hydrogens is 469 g/mol. The van der Waals surface area contributed by atoms with Gasteiger partial charge in [-0.15, -0.1) is 0 Å². The van der Waals surface area contributed by atoms with Gasteiger partial charge in [0.1, 0.15) is 4.90 Å². The van der Waals surface area contributed by atoms with Crippen LogP contribution in [0.1, 0.15) is 31.2 Å². The number of nitrogens with zero attached hydrogens (tertiary/aromatic N) is 2. The van der Waals surface area contributed by atoms with E-state index in [2.05, 4.69) is 22.3 Å². The number of rotatable bonds is 6. The molecule has 2 aromatic carbocycles. The number of halogens is 2. The molecule has 2 aliphatic rings. The summed E-state index contributed by atoms with van der Waals surface area (Å²) in [5.41, 5.74) is 2.29. The number of para-hydroxylation sites is 1. The minimum Gasteiger partial charge on any atom is -0.371 e. The third-order valence-corrected chi connectivity index (χ3v) is 9.09. The summed E-state index contributed by atoms with van der Waals surface area (Å²) < 4.78 is 27.4. The highest BCUT2D eigenvalue weighted by Gasteiger charge is 2.34. The molecule has 0 atom stereocenters. The minimum atomic E-state index is -3.81. The Labute approximate surface area is 199 Å². The Kier molecular flexibility index (Phi) is 7.30. The predicted octanol–water partition coefficient (Wildman–Crippen LogP) is 4.31. The molecule has 2 fully saturated rings. The quantitative estimate of drug-likeness (QED) is 0.647. The van der Waals surface area contributed by atoms with E-state index in [9.17, 15) is 13.2 Å². The molecule has 2 heterocycles. The van der Waals surface area contributed by atoms with Gasteiger partial charge in [0, 0.05) is 44.3 Å². The molecule has 0 aliphatic carbocycles. The van der Waals surface area contributed by atoms with Crippen molar-refractivity contribution in [2.24, 2.45) is 5.92 Å². The Hall–Kier alpha value is -1.80. The van der Waals surface area contributed by atoms with Crippen molar-refractivity contribution in [3.8, 4) is 0 Å². The lowest BCUT2D eigenvalue weighted by Gasteiger charge is -2.31. The van der Waals surface area contributed by atoms with Crippen molar-refractivity contribution in [1.29, 1.82) is 0 Å². The molecule has 2 saturated heterocycles. The molecule has 0 radical (unpaired) electrons. The van der Waals surface area contributed by atoms with Crippen LogP contribution >= 0.6 is 23.2 Å². The van der Waals surface area contributed by atoms with Crippen LogP contribution in [0.2, 0.25) is 10.0 Å². The van der Waals surface area contributed by atoms with E-state index in [-0.39, 0.29) is 39.9 Å². The van der Waals surface area contributed by atoms with Crippen LogP contribution in [0.4, 0.5) is 5.69 Å². The molecule has 9 heteroatoms. The van der Waals surface area contributed by atoms with Crippen molar-refractivity contribution in [3.05, 3.63) is 58.1 Å². The molecule has 0 spiro atoms. The smallest absolute Gasteiger partial charge is 0.246 e. The molecular formula is C23H27Cl2N3O3S. The zero-order valence-corrected chi connectivity index (χ0v) is 20.1. The number of hydrogen-bond acceptors (Lipinski definition) is 4. The number of amides is 1. The van der Waals surface area contributed by atoms with Crippen LogP contribution in [-0.2, 0) is 21.4 Å². The maximum absolute atomic E-state index is 13.0. The van der Waals surface area contributed by atoms with E-state index in [4.69, 9.17) is 23.2 Å². The first-order valence-electron chi connectivity index (χ1n) is 10.9. The van der Waals surface area contributed by atoms with E-state index in [0.717, 1.165) is 18.7 Å². The lowest BCUT2D eigenvalue weighted by Crippen LogP contribution is -2.43. The van der Waals surface area contributed by atoms with Gasteiger partial charge >= 0.3 is 0 Å². The fourth-order valence-electron chi connectivity index (χ4n) is 4.47. The summed E-state index contributed by atoms with van der Waals surface area (Å²) in [4.78, 5) is 15.1. The number of hydrogen-bond donors (Lipinski definition) is 1. The van der Waals surface area contributed by atoms with E-state index in [1.807, 2.05) is 12.1 Å². The van der Waals surface area contributed by atoms with Gasteiger partial charge < -0.3 is 10.2 Å². The number of piperidine rings is 1. The second-order valence-corrected chi connectivity index (χ2v) is 11.0. The largest absolute Gasteiger partial charge is 0.371 e. The van der Waals surface area contributed by atoms with Crippen LogP contribution in [0, 0.1) is 5.92 Å². The normalized spacial score (nSPS) is 18.1. The number of nitrogens with one attached hydrogen (secondary N) is 1. The standard InChI is InChI=1S/C23H27Cl2N3O3S/c24-19-7-5-8-20(25)22(19)32(30,31)28-14-10-17(11-15-28)23(29)26-16-18-6-1-2-9-21(18)27-12-3-4-13-27/h1-2,5-9,17H,3-4,10-16H2,(H,26,29). The van der Waals surface area contributed by atoms with Crippen LogP contribution in [0.25, 0.3) is 0 Å². The van der Waals surface area contributed by atoms with E-state index in [1.165, 1.54) is 35.0 Å². The first-order chi connectivity index (χ1) is 15.4. The summed E-state index contributed by atoms with van der Waals surface area (Å²) in [7, 11) is -3.81. The Bertz CT molecular complexity index is 1060. The molecule has 0 saturated carbocycles. The number of carbonyl (C=O) groups excluding carboxylic acids is 1. The summed E-state index contributed by atoms with van der Waals surface area (Å²) in [6.45, 7) is 3.08. The summed E-state index contributed by atoms with van der Waals surface area (Å²) in [5.74, 6) is -0.254. The van der Waals surface area contributed by atoms with Crippen LogP contribution in [0.15, 0.2) is 47.4 Å². The maximum atomic E-state index is 13.0. The highest BCUT2D eigenvalue weighted by Crippen LogP contribution is 2.33. The van der Waals surface area contributed by atoms with E-state index in [1.54, 1.807) is 6.07 Å². The Balaban J connectivity index is 1.36. The fraction of sp³-hybridized carbons (Fsp3) is 0.435. The molecule has 1 N–H and O–H groups in total. The molecule has 6 nitrogen and oxygen atoms in total. The summed E-state index contributed by atoms with van der Waals surface area (Å²) >= 11 is 12.2. The van der Waals surface area contributed by atoms with Gasteiger partial charge in [-0.2, -0.15) is 4.31 Å². The topological polar surface area (TPSA) is 69.7 Å². The number of sulfonamides is 1. The zero-order valence-electron chi connectivity index (χ0n) is 17.8. The maximum Gasteiger partial charge on any atom is 0.246 e. The lowest BCUT2D eigenvalue weighted by atomic mass is 9.97. The van der Waals surface area contributed by atoms with E-state index < -0.39 is 10.0 Å². The average Bonchev–Trinajstić information content (AvgIpc) is 3.32. The van der Waals surface area contributed by atoms with Crippen molar-refractivity contribution in [2.45, 2.75) is 37.1 Å². The van der Waals surface area contributed by atoms with Crippen molar-refractivity contribution < 1.29 is 13.2 Å². The minimum absolute atomic E-state index is 0.0333. The van der Waals surface area contributed by atoms with Gasteiger partial charge in [0.15, 0.2) is 0 Å². The fourth-order valence-corrected chi connectivity index (χ4v) is 7.03. The number of benzene rings is 2. The van der Waals surface area contributed by atoms with Crippen LogP contribution in [0.5, 0.6) is 0 Å². The molecule has 1 amide bonds. The Morgan fingerprint density at radius 1 is 0.938 bits per heavy atom. The van der Waals surface area contributed by atoms with E-state index >= 15 is 0 Å². The van der Waals surface area contributed by atoms with Gasteiger partial charge in [-0.05, 0) is 49.4 Å². The second-order valence-electron chi connectivity index (χ2n) is 8.27. The van der Waals surface area contributed by atoms with Gasteiger partial charge in [-0.25, -0.2) is 8.42 Å². The third kappa shape index (κ3) is 4.91. The summed E-state index contributed by atoms with van der Waals surface area (Å²) in [6, 6.07) is 12.8. The molecule has 0 aromatic heterocycles. The average molecular weight is 496 g/mol. The molecule has 0 unspecified atom stereocenters. The first-order valence-corrected chi connectivity index (χ1v) is 13.1. The Morgan fingerprint density at radius 2 is 1.56 bits per heavy atom. The molecule has 2 aliphatic heterocycles. The zero-order chi connectivity index (χ0) is 22.7. The van der Waals surface area contributed by atoms with Crippen LogP contribution in [0.3, 0.4) is 0 Å². The lowest BCUT2D eigenvalue weighted by molar-refractivity contribution is -0.126. The van der Waals surface area contributed by atoms with E-state index in [0.29, 0.717) is 19.4 Å². The Morgan fingerprint density at radius 3 is 2.22 bits per heavy atom. The van der Waals surface area contributed by atoms with Gasteiger partial charge in [-0.1, -0.05) is 47.5 Å². The van der Waals surface area contributed by atoms with Crippen molar-refractivity contribution in [1.82, 2.24) is 9.62 Å². The van der Waals surface area contributed by atoms with Gasteiger partial charge in [0.05, 0.1) is 10.0 Å². The van der Waals surface area contributed by atoms with Gasteiger partial charge in [0.2, 0.25) is 15.9 Å². The SMILES string of the molecule is O=C(NCc1ccccc1N1CCCC1)C1CCN(S(=O)(=O)c2c(Cl)cccc2Cl)CC1. The van der Waals surface area contributed by atoms with Crippen LogP contribution in [-0.4, -0.2) is 44.8 Å². The first kappa shape index (κ1) is 23.4. The highest BCUT2D eigenvalue weighted by molar-refractivity contribution is 7.89. The third-order valence-electron chi connectivity index (χ3n) is 6.23. The number of anilines is 1. The molecule has 0 bridgehead atoms. The number of carbonyl (C=O) groups is 1. The van der Waals surface area contributed by atoms with Gasteiger partial charge in [0.25, 0.3) is 0 Å². The van der Waals surface area contributed by atoms with Crippen molar-refractivity contribution in [3.63, 3.8) is 0 Å². The van der Waals surface area contributed by atoms with Gasteiger partial charge in [-0.3, -0.25) is 4.79 Å². The molecule has 172 valence electrons. The monoisotopic (exact) mass is 495 g/mol. The van der Waals surface area contributed by atoms with Crippen molar-refractivity contribution in [2.75, 3.05) is 31.1 Å². The second kappa shape index (κ2) is 10.00. The summed E-state index contributed by atoms with van der Waals surface area (Å²) in [5, 5.41) is 3.27. The van der Waals surface area contributed by atoms with Crippen LogP contribution < -0.4 is 10.2 Å². The molecule has 2 aromatic rings. The highest BCUT2D eigenvalue weighted by atomic mass is 35.5. The molecule has 4 rings (SSSR count). The predicted molar refractivity (Wildman–Crippen MR) is 128 cm³/mol. The van der Waals surface area contributed by atoms with Crippen molar-refractivity contribution >= 4 is 44.8 Å².